The SMILES string of the molecule is C=C(CC(=O)Oc1c(C)c(C)c2c(c1C)CCC(C)(CCCC(C)CCCC(C)CCCC(C)C)O2)C(=O)O. The van der Waals surface area contributed by atoms with Crippen LogP contribution < -0.4 is 9.47 Å². The van der Waals surface area contributed by atoms with Crippen LogP contribution in [-0.2, 0) is 16.0 Å². The van der Waals surface area contributed by atoms with Crippen molar-refractivity contribution in [2.75, 3.05) is 0 Å². The first kappa shape index (κ1) is 32.9. The van der Waals surface area contributed by atoms with Gasteiger partial charge in [0.25, 0.3) is 0 Å². The van der Waals surface area contributed by atoms with Crippen molar-refractivity contribution in [3.05, 3.63) is 34.4 Å². The molecule has 0 aromatic heterocycles. The van der Waals surface area contributed by atoms with Crippen molar-refractivity contribution in [2.45, 2.75) is 138 Å². The van der Waals surface area contributed by atoms with Crippen LogP contribution in [0.15, 0.2) is 12.2 Å². The van der Waals surface area contributed by atoms with Gasteiger partial charge in [-0.15, -0.1) is 0 Å². The number of esters is 1. The molecule has 3 atom stereocenters. The molecule has 1 aliphatic heterocycles. The van der Waals surface area contributed by atoms with Gasteiger partial charge in [-0.1, -0.05) is 79.2 Å². The highest BCUT2D eigenvalue weighted by Gasteiger charge is 2.35. The zero-order valence-corrected chi connectivity index (χ0v) is 26.0. The minimum Gasteiger partial charge on any atom is -0.487 e. The monoisotopic (exact) mass is 542 g/mol. The number of hydrogen-bond acceptors (Lipinski definition) is 4. The lowest BCUT2D eigenvalue weighted by Gasteiger charge is -2.38. The maximum atomic E-state index is 12.4. The van der Waals surface area contributed by atoms with Crippen molar-refractivity contribution in [3.8, 4) is 11.5 Å². The molecule has 220 valence electrons. The molecule has 1 aliphatic rings. The third-order valence-electron chi connectivity index (χ3n) is 8.71. The molecule has 1 heterocycles. The molecule has 39 heavy (non-hydrogen) atoms. The van der Waals surface area contributed by atoms with Gasteiger partial charge in [-0.2, -0.15) is 0 Å². The molecule has 0 radical (unpaired) electrons. The van der Waals surface area contributed by atoms with E-state index in [1.807, 2.05) is 20.8 Å². The van der Waals surface area contributed by atoms with Crippen LogP contribution in [0.1, 0.15) is 128 Å². The quantitative estimate of drug-likeness (QED) is 0.128. The Kier molecular flexibility index (Phi) is 12.6. The molecule has 5 nitrogen and oxygen atoms in total. The third kappa shape index (κ3) is 9.99. The van der Waals surface area contributed by atoms with Crippen LogP contribution in [-0.4, -0.2) is 22.6 Å². The maximum Gasteiger partial charge on any atom is 0.331 e. The summed E-state index contributed by atoms with van der Waals surface area (Å²) < 4.78 is 12.3. The summed E-state index contributed by atoms with van der Waals surface area (Å²) in [7, 11) is 0. The van der Waals surface area contributed by atoms with E-state index in [2.05, 4.69) is 41.2 Å². The molecule has 0 saturated heterocycles. The number of aliphatic carboxylic acids is 1. The minimum atomic E-state index is -1.19. The minimum absolute atomic E-state index is 0.176. The molecule has 0 bridgehead atoms. The Morgan fingerprint density at radius 3 is 2.05 bits per heavy atom. The number of fused-ring (bicyclic) bond motifs is 1. The standard InChI is InChI=1S/C34H54O5/c1-22(2)13-10-14-23(3)15-11-16-24(4)17-12-19-34(9)20-18-29-28(8)31(26(6)27(7)32(29)39-34)38-30(35)21-25(5)33(36)37/h22-24H,5,10-21H2,1-4,6-9H3,(H,36,37). The Morgan fingerprint density at radius 1 is 0.923 bits per heavy atom. The van der Waals surface area contributed by atoms with Crippen LogP contribution in [0, 0.1) is 38.5 Å². The van der Waals surface area contributed by atoms with E-state index in [-0.39, 0.29) is 17.6 Å². The zero-order valence-electron chi connectivity index (χ0n) is 26.0. The Hall–Kier alpha value is -2.30. The third-order valence-corrected chi connectivity index (χ3v) is 8.71. The predicted molar refractivity (Wildman–Crippen MR) is 160 cm³/mol. The molecule has 0 fully saturated rings. The molecule has 3 unspecified atom stereocenters. The smallest absolute Gasteiger partial charge is 0.331 e. The van der Waals surface area contributed by atoms with E-state index in [1.165, 1.54) is 44.9 Å². The largest absolute Gasteiger partial charge is 0.487 e. The maximum absolute atomic E-state index is 12.4. The molecule has 1 aromatic rings. The van der Waals surface area contributed by atoms with E-state index in [0.717, 1.165) is 71.4 Å². The van der Waals surface area contributed by atoms with Crippen LogP contribution in [0.2, 0.25) is 0 Å². The zero-order chi connectivity index (χ0) is 29.3. The molecule has 0 aliphatic carbocycles. The molecule has 0 spiro atoms. The van der Waals surface area contributed by atoms with Gasteiger partial charge >= 0.3 is 11.9 Å². The topological polar surface area (TPSA) is 72.8 Å². The van der Waals surface area contributed by atoms with Gasteiger partial charge in [0.2, 0.25) is 0 Å². The highest BCUT2D eigenvalue weighted by molar-refractivity contribution is 5.92. The van der Waals surface area contributed by atoms with E-state index < -0.39 is 11.9 Å². The van der Waals surface area contributed by atoms with E-state index in [9.17, 15) is 9.59 Å². The van der Waals surface area contributed by atoms with Gasteiger partial charge in [0.1, 0.15) is 17.1 Å². The lowest BCUT2D eigenvalue weighted by atomic mass is 9.83. The summed E-state index contributed by atoms with van der Waals surface area (Å²) in [5, 5.41) is 9.02. The summed E-state index contributed by atoms with van der Waals surface area (Å²) in [5.41, 5.74) is 3.46. The van der Waals surface area contributed by atoms with Crippen molar-refractivity contribution in [1.29, 1.82) is 0 Å². The van der Waals surface area contributed by atoms with E-state index in [4.69, 9.17) is 14.6 Å². The first-order valence-corrected chi connectivity index (χ1v) is 15.2. The Morgan fingerprint density at radius 2 is 1.49 bits per heavy atom. The number of benzene rings is 1. The molecule has 1 N–H and O–H groups in total. The Labute approximate surface area is 237 Å². The summed E-state index contributed by atoms with van der Waals surface area (Å²) in [6.07, 6.45) is 13.0. The molecule has 0 amide bonds. The van der Waals surface area contributed by atoms with Crippen LogP contribution in [0.3, 0.4) is 0 Å². The lowest BCUT2D eigenvalue weighted by molar-refractivity contribution is -0.138. The normalized spacial score (nSPS) is 18.3. The van der Waals surface area contributed by atoms with Gasteiger partial charge in [0.05, 0.1) is 6.42 Å². The predicted octanol–water partition coefficient (Wildman–Crippen LogP) is 9.07. The lowest BCUT2D eigenvalue weighted by Crippen LogP contribution is -2.37. The summed E-state index contributed by atoms with van der Waals surface area (Å²) in [6.45, 7) is 21.0. The summed E-state index contributed by atoms with van der Waals surface area (Å²) >= 11 is 0. The van der Waals surface area contributed by atoms with Gasteiger partial charge in [0.15, 0.2) is 0 Å². The first-order chi connectivity index (χ1) is 18.2. The van der Waals surface area contributed by atoms with Crippen molar-refractivity contribution < 1.29 is 24.2 Å². The van der Waals surface area contributed by atoms with Crippen LogP contribution in [0.4, 0.5) is 0 Å². The summed E-state index contributed by atoms with van der Waals surface area (Å²) in [6, 6.07) is 0. The Bertz CT molecular complexity index is 1010. The van der Waals surface area contributed by atoms with Gasteiger partial charge in [-0.05, 0) is 87.8 Å². The molecule has 0 saturated carbocycles. The number of ether oxygens (including phenoxy) is 2. The molecule has 1 aromatic carbocycles. The van der Waals surface area contributed by atoms with Crippen molar-refractivity contribution >= 4 is 11.9 Å². The summed E-state index contributed by atoms with van der Waals surface area (Å²) in [5.74, 6) is 2.05. The number of rotatable bonds is 16. The van der Waals surface area contributed by atoms with Crippen molar-refractivity contribution in [3.63, 3.8) is 0 Å². The average molecular weight is 543 g/mol. The van der Waals surface area contributed by atoms with Gasteiger partial charge in [-0.25, -0.2) is 4.79 Å². The van der Waals surface area contributed by atoms with Crippen LogP contribution >= 0.6 is 0 Å². The van der Waals surface area contributed by atoms with E-state index in [0.29, 0.717) is 5.75 Å². The highest BCUT2D eigenvalue weighted by atomic mass is 16.5. The number of carboxylic acid groups (broad SMARTS) is 1. The van der Waals surface area contributed by atoms with E-state index >= 15 is 0 Å². The first-order valence-electron chi connectivity index (χ1n) is 15.2. The van der Waals surface area contributed by atoms with Crippen LogP contribution in [0.5, 0.6) is 11.5 Å². The molecule has 5 heteroatoms. The second-order valence-electron chi connectivity index (χ2n) is 13.0. The molecule has 2 rings (SSSR count). The number of carbonyl (C=O) groups excluding carboxylic acids is 1. The van der Waals surface area contributed by atoms with Crippen molar-refractivity contribution in [1.82, 2.24) is 0 Å². The fourth-order valence-corrected chi connectivity index (χ4v) is 5.81. The fraction of sp³-hybridized carbons (Fsp3) is 0.706. The summed E-state index contributed by atoms with van der Waals surface area (Å²) in [4.78, 5) is 23.4. The fourth-order valence-electron chi connectivity index (χ4n) is 5.81. The van der Waals surface area contributed by atoms with Gasteiger partial charge in [0, 0.05) is 11.1 Å². The van der Waals surface area contributed by atoms with Gasteiger partial charge in [-0.3, -0.25) is 4.79 Å². The van der Waals surface area contributed by atoms with Crippen molar-refractivity contribution in [2.24, 2.45) is 17.8 Å². The van der Waals surface area contributed by atoms with Crippen LogP contribution in [0.25, 0.3) is 0 Å². The number of carboxylic acids is 1. The average Bonchev–Trinajstić information content (AvgIpc) is 2.84. The number of hydrogen-bond donors (Lipinski definition) is 1. The Balaban J connectivity index is 1.89. The van der Waals surface area contributed by atoms with Gasteiger partial charge < -0.3 is 14.6 Å². The molecular weight excluding hydrogens is 488 g/mol. The highest BCUT2D eigenvalue weighted by Crippen LogP contribution is 2.45. The second-order valence-corrected chi connectivity index (χ2v) is 13.0. The molecular formula is C34H54O5. The number of carbonyl (C=O) groups is 2. The van der Waals surface area contributed by atoms with E-state index in [1.54, 1.807) is 0 Å². The second kappa shape index (κ2) is 14.9.